The number of hydrogen-bond acceptors (Lipinski definition) is 6. The van der Waals surface area contributed by atoms with Gasteiger partial charge in [0.05, 0.1) is 5.39 Å². The first kappa shape index (κ1) is 16.2. The van der Waals surface area contributed by atoms with Gasteiger partial charge in [0.25, 0.3) is 0 Å². The van der Waals surface area contributed by atoms with Crippen molar-refractivity contribution in [2.45, 2.75) is 13.0 Å². The highest BCUT2D eigenvalue weighted by Crippen LogP contribution is 2.39. The topological polar surface area (TPSA) is 75.0 Å². The summed E-state index contributed by atoms with van der Waals surface area (Å²) in [5.74, 6) is 0.921. The largest absolute Gasteiger partial charge is 0.482 e. The van der Waals surface area contributed by atoms with E-state index >= 15 is 0 Å². The first-order chi connectivity index (χ1) is 12.6. The van der Waals surface area contributed by atoms with Crippen LogP contribution in [0.3, 0.4) is 0 Å². The second-order valence-corrected chi connectivity index (χ2v) is 5.96. The van der Waals surface area contributed by atoms with E-state index in [2.05, 4.69) is 0 Å². The molecule has 0 saturated heterocycles. The number of benzene rings is 2. The molecule has 2 heterocycles. The van der Waals surface area contributed by atoms with Gasteiger partial charge in [-0.15, -0.1) is 0 Å². The van der Waals surface area contributed by atoms with Crippen molar-refractivity contribution in [3.8, 4) is 22.8 Å². The standard InChI is InChI=1S/C20H16O6/c1-12(21)23-10-14-11-24-20-17(25-14)8-7-15-16(22)9-18(26-19(15)20)13-5-3-2-4-6-13/h2-9,14H,10-11H2,1H3. The summed E-state index contributed by atoms with van der Waals surface area (Å²) in [6.45, 7) is 1.63. The number of esters is 1. The van der Waals surface area contributed by atoms with Crippen molar-refractivity contribution in [1.82, 2.24) is 0 Å². The molecular weight excluding hydrogens is 336 g/mol. The van der Waals surface area contributed by atoms with Gasteiger partial charge >= 0.3 is 5.97 Å². The van der Waals surface area contributed by atoms with E-state index in [1.807, 2.05) is 30.3 Å². The fourth-order valence-electron chi connectivity index (χ4n) is 2.83. The summed E-state index contributed by atoms with van der Waals surface area (Å²) in [6.07, 6.45) is -0.409. The van der Waals surface area contributed by atoms with Crippen LogP contribution in [0.1, 0.15) is 6.92 Å². The summed E-state index contributed by atoms with van der Waals surface area (Å²) < 4.78 is 22.5. The van der Waals surface area contributed by atoms with E-state index in [-0.39, 0.29) is 24.6 Å². The summed E-state index contributed by atoms with van der Waals surface area (Å²) in [7, 11) is 0. The zero-order valence-corrected chi connectivity index (χ0v) is 14.1. The monoisotopic (exact) mass is 352 g/mol. The Hall–Kier alpha value is -3.28. The molecule has 0 spiro atoms. The van der Waals surface area contributed by atoms with Crippen molar-refractivity contribution in [1.29, 1.82) is 0 Å². The van der Waals surface area contributed by atoms with Crippen molar-refractivity contribution in [3.05, 3.63) is 58.8 Å². The number of hydrogen-bond donors (Lipinski definition) is 0. The lowest BCUT2D eigenvalue weighted by atomic mass is 10.1. The molecule has 132 valence electrons. The maximum absolute atomic E-state index is 12.5. The molecular formula is C20H16O6. The molecule has 0 fully saturated rings. The van der Waals surface area contributed by atoms with E-state index in [0.29, 0.717) is 28.2 Å². The molecule has 0 amide bonds. The van der Waals surface area contributed by atoms with Gasteiger partial charge in [-0.05, 0) is 12.1 Å². The molecule has 1 aromatic heterocycles. The van der Waals surface area contributed by atoms with Crippen LogP contribution in [0.4, 0.5) is 0 Å². The second kappa shape index (κ2) is 6.55. The van der Waals surface area contributed by atoms with Gasteiger partial charge in [-0.2, -0.15) is 0 Å². The van der Waals surface area contributed by atoms with Crippen LogP contribution in [0.5, 0.6) is 11.5 Å². The molecule has 26 heavy (non-hydrogen) atoms. The SMILES string of the molecule is CC(=O)OCC1COc2c(ccc3c(=O)cc(-c4ccccc4)oc23)O1. The molecule has 3 aromatic rings. The molecule has 1 unspecified atom stereocenters. The van der Waals surface area contributed by atoms with Crippen LogP contribution in [0.2, 0.25) is 0 Å². The molecule has 0 saturated carbocycles. The number of carbonyl (C=O) groups is 1. The fourth-order valence-corrected chi connectivity index (χ4v) is 2.83. The third kappa shape index (κ3) is 3.01. The highest BCUT2D eigenvalue weighted by atomic mass is 16.6. The number of ether oxygens (including phenoxy) is 3. The van der Waals surface area contributed by atoms with Crippen LogP contribution >= 0.6 is 0 Å². The van der Waals surface area contributed by atoms with E-state index in [4.69, 9.17) is 18.6 Å². The molecule has 0 aliphatic carbocycles. The van der Waals surface area contributed by atoms with Gasteiger partial charge in [0.1, 0.15) is 19.0 Å². The van der Waals surface area contributed by atoms with E-state index in [1.54, 1.807) is 12.1 Å². The van der Waals surface area contributed by atoms with Crippen molar-refractivity contribution >= 4 is 16.9 Å². The Morgan fingerprint density at radius 3 is 2.77 bits per heavy atom. The summed E-state index contributed by atoms with van der Waals surface area (Å²) in [4.78, 5) is 23.4. The van der Waals surface area contributed by atoms with Crippen LogP contribution in [0.15, 0.2) is 57.7 Å². The second-order valence-electron chi connectivity index (χ2n) is 5.96. The van der Waals surface area contributed by atoms with Gasteiger partial charge in [-0.25, -0.2) is 0 Å². The number of fused-ring (bicyclic) bond motifs is 3. The summed E-state index contributed by atoms with van der Waals surface area (Å²) >= 11 is 0. The van der Waals surface area contributed by atoms with Gasteiger partial charge in [0.2, 0.25) is 5.75 Å². The van der Waals surface area contributed by atoms with Crippen molar-refractivity contribution in [2.75, 3.05) is 13.2 Å². The van der Waals surface area contributed by atoms with E-state index in [0.717, 1.165) is 5.56 Å². The summed E-state index contributed by atoms with van der Waals surface area (Å²) in [5.41, 5.74) is 0.992. The van der Waals surface area contributed by atoms with Crippen molar-refractivity contribution in [2.24, 2.45) is 0 Å². The Morgan fingerprint density at radius 1 is 1.19 bits per heavy atom. The van der Waals surface area contributed by atoms with Crippen LogP contribution in [0.25, 0.3) is 22.3 Å². The molecule has 4 rings (SSSR count). The lowest BCUT2D eigenvalue weighted by Crippen LogP contribution is -2.34. The fraction of sp³-hybridized carbons (Fsp3) is 0.200. The lowest BCUT2D eigenvalue weighted by molar-refractivity contribution is -0.144. The molecule has 0 N–H and O–H groups in total. The van der Waals surface area contributed by atoms with Crippen LogP contribution in [-0.2, 0) is 9.53 Å². The molecule has 1 aliphatic heterocycles. The van der Waals surface area contributed by atoms with E-state index in [1.165, 1.54) is 13.0 Å². The van der Waals surface area contributed by atoms with Crippen molar-refractivity contribution in [3.63, 3.8) is 0 Å². The number of carbonyl (C=O) groups excluding carboxylic acids is 1. The maximum Gasteiger partial charge on any atom is 0.302 e. The Bertz CT molecular complexity index is 1020. The third-order valence-corrected chi connectivity index (χ3v) is 4.05. The normalized spacial score (nSPS) is 15.7. The quantitative estimate of drug-likeness (QED) is 0.674. The molecule has 1 atom stereocenters. The molecule has 1 aliphatic rings. The minimum atomic E-state index is -0.409. The zero-order valence-electron chi connectivity index (χ0n) is 14.1. The Morgan fingerprint density at radius 2 is 2.00 bits per heavy atom. The molecule has 0 radical (unpaired) electrons. The smallest absolute Gasteiger partial charge is 0.302 e. The minimum Gasteiger partial charge on any atom is -0.482 e. The number of rotatable bonds is 3. The molecule has 2 aromatic carbocycles. The predicted molar refractivity (Wildman–Crippen MR) is 94.5 cm³/mol. The molecule has 6 nitrogen and oxygen atoms in total. The van der Waals surface area contributed by atoms with Gasteiger partial charge in [0, 0.05) is 18.6 Å². The Balaban J connectivity index is 1.75. The van der Waals surface area contributed by atoms with Gasteiger partial charge < -0.3 is 18.6 Å². The van der Waals surface area contributed by atoms with Crippen LogP contribution in [-0.4, -0.2) is 25.3 Å². The lowest BCUT2D eigenvalue weighted by Gasteiger charge is -2.26. The predicted octanol–water partition coefficient (Wildman–Crippen LogP) is 3.16. The van der Waals surface area contributed by atoms with Gasteiger partial charge in [0.15, 0.2) is 22.9 Å². The van der Waals surface area contributed by atoms with Crippen molar-refractivity contribution < 1.29 is 23.4 Å². The van der Waals surface area contributed by atoms with Gasteiger partial charge in [-0.1, -0.05) is 30.3 Å². The minimum absolute atomic E-state index is 0.0980. The average Bonchev–Trinajstić information content (AvgIpc) is 2.66. The summed E-state index contributed by atoms with van der Waals surface area (Å²) in [5, 5.41) is 0.422. The van der Waals surface area contributed by atoms with Crippen LogP contribution in [0, 0.1) is 0 Å². The molecule has 6 heteroatoms. The Labute approximate surface area is 148 Å². The van der Waals surface area contributed by atoms with Gasteiger partial charge in [-0.3, -0.25) is 9.59 Å². The first-order valence-electron chi connectivity index (χ1n) is 8.21. The highest BCUT2D eigenvalue weighted by molar-refractivity contribution is 5.86. The van der Waals surface area contributed by atoms with Crippen LogP contribution < -0.4 is 14.9 Å². The first-order valence-corrected chi connectivity index (χ1v) is 8.21. The maximum atomic E-state index is 12.5. The highest BCUT2D eigenvalue weighted by Gasteiger charge is 2.26. The molecule has 0 bridgehead atoms. The van der Waals surface area contributed by atoms with E-state index < -0.39 is 6.10 Å². The average molecular weight is 352 g/mol. The summed E-state index contributed by atoms with van der Waals surface area (Å²) in [6, 6.07) is 14.2. The van der Waals surface area contributed by atoms with E-state index in [9.17, 15) is 9.59 Å². The Kier molecular flexibility index (Phi) is 4.08. The zero-order chi connectivity index (χ0) is 18.1. The third-order valence-electron chi connectivity index (χ3n) is 4.05.